The Balaban J connectivity index is 1.89. The maximum absolute atomic E-state index is 12.1. The van der Waals surface area contributed by atoms with Gasteiger partial charge in [0.25, 0.3) is 0 Å². The first-order chi connectivity index (χ1) is 11.4. The van der Waals surface area contributed by atoms with Crippen LogP contribution in [0.15, 0.2) is 52.4 Å². The highest BCUT2D eigenvalue weighted by Crippen LogP contribution is 2.25. The molecule has 0 unspecified atom stereocenters. The molecule has 0 heterocycles. The normalized spacial score (nSPS) is 11.8. The average molecular weight is 348 g/mol. The first-order valence-electron chi connectivity index (χ1n) is 7.35. The third kappa shape index (κ3) is 4.81. The molecule has 2 rings (SSSR count). The van der Waals surface area contributed by atoms with Crippen molar-refractivity contribution in [3.05, 3.63) is 53.6 Å². The first kappa shape index (κ1) is 18.0. The molecule has 0 aliphatic heterocycles. The molecule has 128 valence electrons. The van der Waals surface area contributed by atoms with Crippen molar-refractivity contribution < 1.29 is 18.3 Å². The number of aromatic hydroxyl groups is 1. The van der Waals surface area contributed by atoms with Crippen LogP contribution in [0.25, 0.3) is 0 Å². The number of phenols is 1. The van der Waals surface area contributed by atoms with Crippen LogP contribution in [0.1, 0.15) is 11.1 Å². The van der Waals surface area contributed by atoms with Gasteiger partial charge in [0, 0.05) is 12.8 Å². The van der Waals surface area contributed by atoms with E-state index in [2.05, 4.69) is 9.71 Å². The fraction of sp³-hybridized carbons (Fsp3) is 0.235. The molecular formula is C17H20N2O4S. The molecule has 0 radical (unpaired) electrons. The zero-order chi connectivity index (χ0) is 17.6. The van der Waals surface area contributed by atoms with Gasteiger partial charge in [-0.2, -0.15) is 0 Å². The summed E-state index contributed by atoms with van der Waals surface area (Å²) >= 11 is 0. The molecule has 0 bridgehead atoms. The summed E-state index contributed by atoms with van der Waals surface area (Å²) in [5.41, 5.74) is 1.76. The number of hydrogen-bond donors (Lipinski definition) is 2. The Bertz CT molecular complexity index is 815. The van der Waals surface area contributed by atoms with E-state index in [4.69, 9.17) is 4.74 Å². The molecule has 0 saturated carbocycles. The summed E-state index contributed by atoms with van der Waals surface area (Å²) in [5, 5.41) is 9.51. The first-order valence-corrected chi connectivity index (χ1v) is 8.84. The third-order valence-electron chi connectivity index (χ3n) is 3.31. The van der Waals surface area contributed by atoms with Crippen molar-refractivity contribution >= 4 is 16.2 Å². The van der Waals surface area contributed by atoms with Gasteiger partial charge < -0.3 is 9.84 Å². The number of rotatable bonds is 7. The molecule has 0 saturated heterocycles. The Morgan fingerprint density at radius 3 is 2.58 bits per heavy atom. The lowest BCUT2D eigenvalue weighted by Crippen LogP contribution is -2.26. The fourth-order valence-electron chi connectivity index (χ4n) is 1.99. The lowest BCUT2D eigenvalue weighted by molar-refractivity contribution is 0.373. The second-order valence-corrected chi connectivity index (χ2v) is 6.94. The number of ether oxygens (including phenoxy) is 1. The highest BCUT2D eigenvalue weighted by molar-refractivity contribution is 7.89. The van der Waals surface area contributed by atoms with Crippen LogP contribution in [0, 0.1) is 6.92 Å². The number of benzene rings is 2. The molecule has 2 aromatic carbocycles. The molecule has 7 heteroatoms. The predicted molar refractivity (Wildman–Crippen MR) is 93.5 cm³/mol. The molecule has 24 heavy (non-hydrogen) atoms. The van der Waals surface area contributed by atoms with Gasteiger partial charge in [-0.1, -0.05) is 17.7 Å². The molecule has 0 fully saturated rings. The number of phenolic OH excluding ortho intramolecular Hbond substituents is 1. The van der Waals surface area contributed by atoms with E-state index in [9.17, 15) is 13.5 Å². The van der Waals surface area contributed by atoms with Gasteiger partial charge in [0.15, 0.2) is 11.5 Å². The molecule has 2 N–H and O–H groups in total. The van der Waals surface area contributed by atoms with E-state index >= 15 is 0 Å². The van der Waals surface area contributed by atoms with Crippen LogP contribution < -0.4 is 9.46 Å². The van der Waals surface area contributed by atoms with Gasteiger partial charge in [-0.05, 0) is 42.8 Å². The number of aryl methyl sites for hydroxylation is 1. The smallest absolute Gasteiger partial charge is 0.240 e. The summed E-state index contributed by atoms with van der Waals surface area (Å²) in [6.45, 7) is 2.40. The van der Waals surface area contributed by atoms with Gasteiger partial charge in [-0.15, -0.1) is 0 Å². The van der Waals surface area contributed by atoms with Gasteiger partial charge in [0.1, 0.15) is 0 Å². The van der Waals surface area contributed by atoms with Crippen LogP contribution in [0.3, 0.4) is 0 Å². The van der Waals surface area contributed by atoms with Crippen LogP contribution in [0.2, 0.25) is 0 Å². The summed E-state index contributed by atoms with van der Waals surface area (Å²) < 4.78 is 31.7. The van der Waals surface area contributed by atoms with Crippen LogP contribution in [-0.2, 0) is 10.0 Å². The number of methoxy groups -OCH3 is 1. The topological polar surface area (TPSA) is 88.0 Å². The standard InChI is InChI=1S/C17H20N2O4S/c1-13-3-6-15(7-4-13)24(21,22)19-10-9-18-12-14-5-8-16(20)17(11-14)23-2/h3-8,11-12,19-20H,9-10H2,1-2H3. The van der Waals surface area contributed by atoms with Crippen molar-refractivity contribution in [1.29, 1.82) is 0 Å². The summed E-state index contributed by atoms with van der Waals surface area (Å²) in [6.07, 6.45) is 1.60. The summed E-state index contributed by atoms with van der Waals surface area (Å²) in [5.74, 6) is 0.416. The van der Waals surface area contributed by atoms with Crippen LogP contribution in [-0.4, -0.2) is 39.9 Å². The van der Waals surface area contributed by atoms with Crippen LogP contribution >= 0.6 is 0 Å². The monoisotopic (exact) mass is 348 g/mol. The molecule has 0 spiro atoms. The van der Waals surface area contributed by atoms with E-state index in [1.165, 1.54) is 13.2 Å². The van der Waals surface area contributed by atoms with E-state index < -0.39 is 10.0 Å². The maximum atomic E-state index is 12.1. The highest BCUT2D eigenvalue weighted by atomic mass is 32.2. The van der Waals surface area contributed by atoms with Crippen molar-refractivity contribution in [3.63, 3.8) is 0 Å². The summed E-state index contributed by atoms with van der Waals surface area (Å²) in [7, 11) is -2.05. The van der Waals surface area contributed by atoms with E-state index in [1.807, 2.05) is 6.92 Å². The SMILES string of the molecule is COc1cc(C=NCCNS(=O)(=O)c2ccc(C)cc2)ccc1O. The molecule has 0 aromatic heterocycles. The quantitative estimate of drug-likeness (QED) is 0.592. The zero-order valence-corrected chi connectivity index (χ0v) is 14.4. The van der Waals surface area contributed by atoms with Gasteiger partial charge in [0.2, 0.25) is 10.0 Å². The average Bonchev–Trinajstić information content (AvgIpc) is 2.56. The maximum Gasteiger partial charge on any atom is 0.240 e. The Labute approximate surface area is 141 Å². The third-order valence-corrected chi connectivity index (χ3v) is 4.79. The molecule has 2 aromatic rings. The molecule has 0 aliphatic carbocycles. The second-order valence-electron chi connectivity index (χ2n) is 5.18. The molecule has 6 nitrogen and oxygen atoms in total. The van der Waals surface area contributed by atoms with Crippen molar-refractivity contribution in [2.75, 3.05) is 20.2 Å². The van der Waals surface area contributed by atoms with Gasteiger partial charge in [0.05, 0.1) is 18.6 Å². The number of aliphatic imine (C=N–C) groups is 1. The van der Waals surface area contributed by atoms with E-state index in [1.54, 1.807) is 42.6 Å². The minimum atomic E-state index is -3.52. The lowest BCUT2D eigenvalue weighted by Gasteiger charge is -2.06. The highest BCUT2D eigenvalue weighted by Gasteiger charge is 2.12. The van der Waals surface area contributed by atoms with Gasteiger partial charge in [-0.25, -0.2) is 13.1 Å². The van der Waals surface area contributed by atoms with Crippen molar-refractivity contribution in [1.82, 2.24) is 4.72 Å². The lowest BCUT2D eigenvalue weighted by atomic mass is 10.2. The van der Waals surface area contributed by atoms with Crippen molar-refractivity contribution in [2.45, 2.75) is 11.8 Å². The Morgan fingerprint density at radius 2 is 1.92 bits per heavy atom. The molecule has 0 amide bonds. The fourth-order valence-corrected chi connectivity index (χ4v) is 3.01. The summed E-state index contributed by atoms with van der Waals surface area (Å²) in [6, 6.07) is 11.5. The molecule has 0 atom stereocenters. The number of nitrogens with one attached hydrogen (secondary N) is 1. The predicted octanol–water partition coefficient (Wildman–Crippen LogP) is 2.11. The summed E-state index contributed by atoms with van der Waals surface area (Å²) in [4.78, 5) is 4.40. The van der Waals surface area contributed by atoms with Gasteiger partial charge in [-0.3, -0.25) is 4.99 Å². The number of sulfonamides is 1. The number of hydrogen-bond acceptors (Lipinski definition) is 5. The molecular weight excluding hydrogens is 328 g/mol. The van der Waals surface area contributed by atoms with E-state index in [-0.39, 0.29) is 17.2 Å². The van der Waals surface area contributed by atoms with Crippen molar-refractivity contribution in [2.24, 2.45) is 4.99 Å². The minimum Gasteiger partial charge on any atom is -0.504 e. The molecule has 0 aliphatic rings. The van der Waals surface area contributed by atoms with Crippen LogP contribution in [0.5, 0.6) is 11.5 Å². The largest absolute Gasteiger partial charge is 0.504 e. The second kappa shape index (κ2) is 7.94. The Morgan fingerprint density at radius 1 is 1.21 bits per heavy atom. The van der Waals surface area contributed by atoms with Gasteiger partial charge >= 0.3 is 0 Å². The number of nitrogens with zero attached hydrogens (tertiary/aromatic N) is 1. The van der Waals surface area contributed by atoms with E-state index in [0.717, 1.165) is 11.1 Å². The zero-order valence-electron chi connectivity index (χ0n) is 13.6. The van der Waals surface area contributed by atoms with E-state index in [0.29, 0.717) is 12.3 Å². The van der Waals surface area contributed by atoms with Crippen LogP contribution in [0.4, 0.5) is 0 Å². The minimum absolute atomic E-state index is 0.0560. The Kier molecular flexibility index (Phi) is 5.94. The Hall–Kier alpha value is -2.38. The van der Waals surface area contributed by atoms with Crippen molar-refractivity contribution in [3.8, 4) is 11.5 Å².